The van der Waals surface area contributed by atoms with Gasteiger partial charge in [-0.2, -0.15) is 5.10 Å². The predicted molar refractivity (Wildman–Crippen MR) is 80.1 cm³/mol. The van der Waals surface area contributed by atoms with Crippen molar-refractivity contribution in [3.8, 4) is 0 Å². The summed E-state index contributed by atoms with van der Waals surface area (Å²) in [5.41, 5.74) is 7.78. The average molecular weight is 309 g/mol. The topological polar surface area (TPSA) is 64.2 Å². The van der Waals surface area contributed by atoms with Gasteiger partial charge in [0.2, 0.25) is 5.91 Å². The minimum absolute atomic E-state index is 0. The van der Waals surface area contributed by atoms with E-state index in [1.165, 1.54) is 0 Å². The Kier molecular flexibility index (Phi) is 6.83. The number of aryl methyl sites for hydroxylation is 2. The molecule has 19 heavy (non-hydrogen) atoms. The molecule has 1 amide bonds. The highest BCUT2D eigenvalue weighted by molar-refractivity contribution is 5.85. The molecule has 1 aromatic rings. The van der Waals surface area contributed by atoms with Crippen molar-refractivity contribution in [3.63, 3.8) is 0 Å². The van der Waals surface area contributed by atoms with Crippen LogP contribution in [0.3, 0.4) is 0 Å². The number of hydrogen-bond donors (Lipinski definition) is 1. The lowest BCUT2D eigenvalue weighted by Gasteiger charge is -2.21. The molecule has 110 valence electrons. The van der Waals surface area contributed by atoms with Crippen LogP contribution in [0.15, 0.2) is 6.07 Å². The van der Waals surface area contributed by atoms with Crippen molar-refractivity contribution < 1.29 is 4.79 Å². The number of nitrogens with two attached hydrogens (primary N) is 1. The molecule has 0 saturated carbocycles. The van der Waals surface area contributed by atoms with Crippen molar-refractivity contribution in [2.45, 2.75) is 39.3 Å². The van der Waals surface area contributed by atoms with Crippen molar-refractivity contribution in [2.24, 2.45) is 5.73 Å². The maximum Gasteiger partial charge on any atom is 0.247 e. The third-order valence-electron chi connectivity index (χ3n) is 3.31. The van der Waals surface area contributed by atoms with Gasteiger partial charge in [0.1, 0.15) is 6.04 Å². The molecule has 2 heterocycles. The molecule has 0 aliphatic carbocycles. The number of halogens is 2. The van der Waals surface area contributed by atoms with Gasteiger partial charge in [0.15, 0.2) is 0 Å². The monoisotopic (exact) mass is 308 g/mol. The molecule has 0 radical (unpaired) electrons. The van der Waals surface area contributed by atoms with Gasteiger partial charge in [-0.15, -0.1) is 24.8 Å². The van der Waals surface area contributed by atoms with Gasteiger partial charge in [-0.1, -0.05) is 0 Å². The molecule has 7 heteroatoms. The number of hydrogen-bond acceptors (Lipinski definition) is 3. The number of amides is 1. The Hall–Kier alpha value is -0.780. The molecule has 1 saturated heterocycles. The first-order chi connectivity index (χ1) is 7.99. The standard InChI is InChI=1S/C12H20N4O.2ClH/c1-8-6-9(2)16(14-8)10(3)12(17)15-5-4-11(13)7-15;;/h6,10-11H,4-5,7,13H2,1-3H3;2*1H. The molecule has 5 nitrogen and oxygen atoms in total. The molecule has 2 N–H and O–H groups in total. The molecule has 2 unspecified atom stereocenters. The zero-order valence-corrected chi connectivity index (χ0v) is 13.1. The number of rotatable bonds is 2. The molecule has 1 aliphatic rings. The molecule has 0 spiro atoms. The Labute approximate surface area is 126 Å². The highest BCUT2D eigenvalue weighted by Gasteiger charge is 2.28. The van der Waals surface area contributed by atoms with E-state index < -0.39 is 0 Å². The van der Waals surface area contributed by atoms with Crippen LogP contribution < -0.4 is 5.73 Å². The summed E-state index contributed by atoms with van der Waals surface area (Å²) in [4.78, 5) is 14.1. The maximum absolute atomic E-state index is 12.3. The second kappa shape index (κ2) is 7.12. The summed E-state index contributed by atoms with van der Waals surface area (Å²) in [5.74, 6) is 0.115. The number of likely N-dealkylation sites (tertiary alicyclic amines) is 1. The Morgan fingerprint density at radius 2 is 2.11 bits per heavy atom. The van der Waals surface area contributed by atoms with Gasteiger partial charge in [-0.05, 0) is 33.3 Å². The fourth-order valence-electron chi connectivity index (χ4n) is 2.39. The van der Waals surface area contributed by atoms with Crippen LogP contribution in [0.4, 0.5) is 0 Å². The van der Waals surface area contributed by atoms with Crippen molar-refractivity contribution in [3.05, 3.63) is 17.5 Å². The smallest absolute Gasteiger partial charge is 0.247 e. The maximum atomic E-state index is 12.3. The van der Waals surface area contributed by atoms with Gasteiger partial charge in [-0.25, -0.2) is 0 Å². The fraction of sp³-hybridized carbons (Fsp3) is 0.667. The summed E-state index contributed by atoms with van der Waals surface area (Å²) in [6.07, 6.45) is 0.898. The van der Waals surface area contributed by atoms with Crippen LogP contribution >= 0.6 is 24.8 Å². The number of aromatic nitrogens is 2. The molecule has 1 aliphatic heterocycles. The zero-order valence-electron chi connectivity index (χ0n) is 11.5. The first kappa shape index (κ1) is 18.2. The van der Waals surface area contributed by atoms with Crippen LogP contribution in [0.2, 0.25) is 0 Å². The zero-order chi connectivity index (χ0) is 12.6. The van der Waals surface area contributed by atoms with E-state index in [1.54, 1.807) is 4.68 Å². The largest absolute Gasteiger partial charge is 0.339 e. The molecule has 1 aromatic heterocycles. The lowest BCUT2D eigenvalue weighted by molar-refractivity contribution is -0.133. The normalized spacial score (nSPS) is 19.6. The van der Waals surface area contributed by atoms with Crippen LogP contribution in [0.5, 0.6) is 0 Å². The summed E-state index contributed by atoms with van der Waals surface area (Å²) in [7, 11) is 0. The molecule has 0 bridgehead atoms. The second-order valence-corrected chi connectivity index (χ2v) is 4.88. The van der Waals surface area contributed by atoms with E-state index in [9.17, 15) is 4.79 Å². The summed E-state index contributed by atoms with van der Waals surface area (Å²) in [6, 6.07) is 1.88. The van der Waals surface area contributed by atoms with Gasteiger partial charge in [-0.3, -0.25) is 9.48 Å². The summed E-state index contributed by atoms with van der Waals surface area (Å²) in [6.45, 7) is 7.24. The number of carbonyl (C=O) groups excluding carboxylic acids is 1. The Balaban J connectivity index is 0.00000162. The van der Waals surface area contributed by atoms with Crippen molar-refractivity contribution >= 4 is 30.7 Å². The first-order valence-electron chi connectivity index (χ1n) is 6.06. The third kappa shape index (κ3) is 3.84. The van der Waals surface area contributed by atoms with Crippen LogP contribution in [-0.2, 0) is 4.79 Å². The number of carbonyl (C=O) groups is 1. The molecule has 2 atom stereocenters. The predicted octanol–water partition coefficient (Wildman–Crippen LogP) is 1.46. The van der Waals surface area contributed by atoms with Gasteiger partial charge >= 0.3 is 0 Å². The van der Waals surface area contributed by atoms with Crippen LogP contribution in [0.25, 0.3) is 0 Å². The van der Waals surface area contributed by atoms with Crippen molar-refractivity contribution in [1.82, 2.24) is 14.7 Å². The van der Waals surface area contributed by atoms with E-state index in [-0.39, 0.29) is 42.8 Å². The van der Waals surface area contributed by atoms with E-state index in [1.807, 2.05) is 31.7 Å². The third-order valence-corrected chi connectivity index (χ3v) is 3.31. The van der Waals surface area contributed by atoms with Gasteiger partial charge in [0, 0.05) is 24.8 Å². The van der Waals surface area contributed by atoms with Crippen molar-refractivity contribution in [2.75, 3.05) is 13.1 Å². The summed E-state index contributed by atoms with van der Waals surface area (Å²) < 4.78 is 1.79. The molecule has 0 aromatic carbocycles. The second-order valence-electron chi connectivity index (χ2n) is 4.88. The lowest BCUT2D eigenvalue weighted by Crippen LogP contribution is -2.37. The van der Waals surface area contributed by atoms with E-state index in [4.69, 9.17) is 5.73 Å². The Bertz CT molecular complexity index is 435. The Morgan fingerprint density at radius 1 is 1.47 bits per heavy atom. The van der Waals surface area contributed by atoms with Crippen molar-refractivity contribution in [1.29, 1.82) is 0 Å². The molecular weight excluding hydrogens is 287 g/mol. The van der Waals surface area contributed by atoms with E-state index in [0.29, 0.717) is 6.54 Å². The fourth-order valence-corrected chi connectivity index (χ4v) is 2.39. The number of nitrogens with zero attached hydrogens (tertiary/aromatic N) is 3. The van der Waals surface area contributed by atoms with Gasteiger partial charge < -0.3 is 10.6 Å². The lowest BCUT2D eigenvalue weighted by atomic mass is 10.3. The van der Waals surface area contributed by atoms with Gasteiger partial charge in [0.25, 0.3) is 0 Å². The highest BCUT2D eigenvalue weighted by atomic mass is 35.5. The van der Waals surface area contributed by atoms with Gasteiger partial charge in [0.05, 0.1) is 5.69 Å². The highest BCUT2D eigenvalue weighted by Crippen LogP contribution is 2.17. The van der Waals surface area contributed by atoms with E-state index in [2.05, 4.69) is 5.10 Å². The minimum Gasteiger partial charge on any atom is -0.339 e. The van der Waals surface area contributed by atoms with E-state index >= 15 is 0 Å². The first-order valence-corrected chi connectivity index (χ1v) is 6.06. The van der Waals surface area contributed by atoms with Crippen LogP contribution in [0.1, 0.15) is 30.8 Å². The molecule has 1 fully saturated rings. The van der Waals surface area contributed by atoms with E-state index in [0.717, 1.165) is 24.4 Å². The molecular formula is C12H22Cl2N4O. The quantitative estimate of drug-likeness (QED) is 0.899. The summed E-state index contributed by atoms with van der Waals surface area (Å²) >= 11 is 0. The summed E-state index contributed by atoms with van der Waals surface area (Å²) in [5, 5.41) is 4.36. The molecule has 2 rings (SSSR count). The minimum atomic E-state index is -0.242. The SMILES string of the molecule is Cc1cc(C)n(C(C)C(=O)N2CCC(N)C2)n1.Cl.Cl. The Morgan fingerprint density at radius 3 is 2.53 bits per heavy atom. The van der Waals surface area contributed by atoms with Crippen LogP contribution in [-0.4, -0.2) is 39.7 Å². The average Bonchev–Trinajstić information content (AvgIpc) is 2.83. The van der Waals surface area contributed by atoms with Crippen LogP contribution in [0, 0.1) is 13.8 Å².